The second kappa shape index (κ2) is 7.50. The highest BCUT2D eigenvalue weighted by Crippen LogP contribution is 2.27. The SMILES string of the molecule is Cc1ccc(OC2CC(NC(=O)C(=O)Nc3c[nH]c4cc(F)c(F)cc34)C2)cn1. The van der Waals surface area contributed by atoms with Crippen molar-refractivity contribution in [3.8, 4) is 5.75 Å². The Labute approximate surface area is 164 Å². The Bertz CT molecular complexity index is 1080. The molecule has 7 nitrogen and oxygen atoms in total. The smallest absolute Gasteiger partial charge is 0.313 e. The zero-order valence-electron chi connectivity index (χ0n) is 15.5. The van der Waals surface area contributed by atoms with Crippen molar-refractivity contribution in [1.29, 1.82) is 0 Å². The van der Waals surface area contributed by atoms with Crippen LogP contribution in [0.5, 0.6) is 5.75 Å². The number of hydrogen-bond donors (Lipinski definition) is 3. The molecule has 1 saturated carbocycles. The van der Waals surface area contributed by atoms with Crippen molar-refractivity contribution in [3.05, 3.63) is 54.0 Å². The van der Waals surface area contributed by atoms with E-state index in [0.717, 1.165) is 17.8 Å². The first kappa shape index (κ1) is 18.9. The first-order chi connectivity index (χ1) is 13.9. The van der Waals surface area contributed by atoms with Crippen molar-refractivity contribution in [2.75, 3.05) is 5.32 Å². The monoisotopic (exact) mass is 400 g/mol. The van der Waals surface area contributed by atoms with E-state index < -0.39 is 23.4 Å². The Morgan fingerprint density at radius 3 is 2.66 bits per heavy atom. The van der Waals surface area contributed by atoms with E-state index in [1.807, 2.05) is 19.1 Å². The van der Waals surface area contributed by atoms with Crippen LogP contribution in [-0.2, 0) is 9.59 Å². The second-order valence-electron chi connectivity index (χ2n) is 6.99. The zero-order valence-corrected chi connectivity index (χ0v) is 15.5. The lowest BCUT2D eigenvalue weighted by Gasteiger charge is -2.35. The van der Waals surface area contributed by atoms with E-state index in [0.29, 0.717) is 24.1 Å². The van der Waals surface area contributed by atoms with Crippen LogP contribution in [0.3, 0.4) is 0 Å². The summed E-state index contributed by atoms with van der Waals surface area (Å²) in [6.07, 6.45) is 4.11. The molecule has 0 spiro atoms. The normalized spacial score (nSPS) is 18.2. The molecule has 9 heteroatoms. The van der Waals surface area contributed by atoms with Crippen LogP contribution in [0, 0.1) is 18.6 Å². The molecule has 2 heterocycles. The number of pyridine rings is 1. The van der Waals surface area contributed by atoms with E-state index in [-0.39, 0.29) is 23.2 Å². The molecular formula is C20H18F2N4O3. The molecule has 2 amide bonds. The quantitative estimate of drug-likeness (QED) is 0.587. The number of nitrogens with one attached hydrogen (secondary N) is 3. The summed E-state index contributed by atoms with van der Waals surface area (Å²) in [4.78, 5) is 31.1. The minimum Gasteiger partial charge on any atom is -0.489 e. The van der Waals surface area contributed by atoms with Crippen LogP contribution in [-0.4, -0.2) is 33.9 Å². The molecule has 3 N–H and O–H groups in total. The first-order valence-corrected chi connectivity index (χ1v) is 9.06. The number of H-pyrrole nitrogens is 1. The fourth-order valence-corrected chi connectivity index (χ4v) is 3.15. The number of amides is 2. The molecule has 0 radical (unpaired) electrons. The molecule has 4 rings (SSSR count). The lowest BCUT2D eigenvalue weighted by atomic mass is 9.89. The van der Waals surface area contributed by atoms with Gasteiger partial charge in [0.05, 0.1) is 17.4 Å². The van der Waals surface area contributed by atoms with Crippen LogP contribution in [0.25, 0.3) is 10.9 Å². The van der Waals surface area contributed by atoms with Gasteiger partial charge in [-0.25, -0.2) is 8.78 Å². The highest BCUT2D eigenvalue weighted by Gasteiger charge is 2.33. The summed E-state index contributed by atoms with van der Waals surface area (Å²) in [5.74, 6) is -3.07. The Morgan fingerprint density at radius 1 is 1.17 bits per heavy atom. The summed E-state index contributed by atoms with van der Waals surface area (Å²) in [5, 5.41) is 5.31. The summed E-state index contributed by atoms with van der Waals surface area (Å²) in [6, 6.07) is 5.45. The summed E-state index contributed by atoms with van der Waals surface area (Å²) in [7, 11) is 0. The number of carbonyl (C=O) groups excluding carboxylic acids is 2. The molecule has 150 valence electrons. The van der Waals surface area contributed by atoms with Gasteiger partial charge in [-0.05, 0) is 25.1 Å². The Balaban J connectivity index is 1.29. The summed E-state index contributed by atoms with van der Waals surface area (Å²) >= 11 is 0. The van der Waals surface area contributed by atoms with Gasteiger partial charge in [0.15, 0.2) is 11.6 Å². The predicted molar refractivity (Wildman–Crippen MR) is 101 cm³/mol. The highest BCUT2D eigenvalue weighted by molar-refractivity contribution is 6.40. The highest BCUT2D eigenvalue weighted by atomic mass is 19.2. The Morgan fingerprint density at radius 2 is 1.93 bits per heavy atom. The topological polar surface area (TPSA) is 96.1 Å². The average molecular weight is 400 g/mol. The van der Waals surface area contributed by atoms with E-state index >= 15 is 0 Å². The van der Waals surface area contributed by atoms with Crippen LogP contribution in [0.2, 0.25) is 0 Å². The standard InChI is InChI=1S/C20H18F2N4O3/c1-10-2-3-12(8-23-10)29-13-4-11(5-13)25-19(27)20(28)26-18-9-24-17-7-16(22)15(21)6-14(17)18/h2-3,6-9,11,13,24H,4-5H2,1H3,(H,25,27)(H,26,28). The number of aryl methyl sites for hydroxylation is 1. The van der Waals surface area contributed by atoms with Gasteiger partial charge in [0, 0.05) is 42.2 Å². The largest absolute Gasteiger partial charge is 0.489 e. The molecule has 0 aliphatic heterocycles. The molecule has 0 saturated heterocycles. The third-order valence-electron chi connectivity index (χ3n) is 4.79. The molecule has 1 aliphatic rings. The summed E-state index contributed by atoms with van der Waals surface area (Å²) in [5.41, 5.74) is 1.40. The van der Waals surface area contributed by atoms with E-state index in [9.17, 15) is 18.4 Å². The van der Waals surface area contributed by atoms with Gasteiger partial charge in [-0.2, -0.15) is 0 Å². The summed E-state index contributed by atoms with van der Waals surface area (Å²) < 4.78 is 32.5. The van der Waals surface area contributed by atoms with Gasteiger partial charge in [0.25, 0.3) is 0 Å². The van der Waals surface area contributed by atoms with Crippen molar-refractivity contribution in [2.24, 2.45) is 0 Å². The van der Waals surface area contributed by atoms with Gasteiger partial charge < -0.3 is 20.4 Å². The number of hydrogen-bond acceptors (Lipinski definition) is 4. The maximum Gasteiger partial charge on any atom is 0.313 e. The molecule has 1 aromatic carbocycles. The molecule has 2 aromatic heterocycles. The van der Waals surface area contributed by atoms with Crippen LogP contribution in [0.15, 0.2) is 36.7 Å². The molecule has 1 fully saturated rings. The van der Waals surface area contributed by atoms with Crippen molar-refractivity contribution in [2.45, 2.75) is 31.9 Å². The van der Waals surface area contributed by atoms with Crippen LogP contribution >= 0.6 is 0 Å². The van der Waals surface area contributed by atoms with Crippen LogP contribution in [0.4, 0.5) is 14.5 Å². The number of carbonyl (C=O) groups is 2. The maximum absolute atomic E-state index is 13.4. The number of halogens is 2. The third kappa shape index (κ3) is 4.03. The minimum absolute atomic E-state index is 0.0562. The number of rotatable bonds is 4. The summed E-state index contributed by atoms with van der Waals surface area (Å²) in [6.45, 7) is 1.88. The molecule has 3 aromatic rings. The molecule has 0 atom stereocenters. The molecule has 0 unspecified atom stereocenters. The van der Waals surface area contributed by atoms with Crippen molar-refractivity contribution in [3.63, 3.8) is 0 Å². The number of ether oxygens (including phenoxy) is 1. The lowest BCUT2D eigenvalue weighted by Crippen LogP contribution is -2.51. The van der Waals surface area contributed by atoms with Crippen molar-refractivity contribution >= 4 is 28.4 Å². The van der Waals surface area contributed by atoms with Crippen molar-refractivity contribution in [1.82, 2.24) is 15.3 Å². The second-order valence-corrected chi connectivity index (χ2v) is 6.99. The van der Waals surface area contributed by atoms with E-state index in [1.165, 1.54) is 6.20 Å². The van der Waals surface area contributed by atoms with Crippen LogP contribution in [0.1, 0.15) is 18.5 Å². The van der Waals surface area contributed by atoms with Gasteiger partial charge in [0.1, 0.15) is 11.9 Å². The van der Waals surface area contributed by atoms with E-state index in [2.05, 4.69) is 20.6 Å². The van der Waals surface area contributed by atoms with Crippen molar-refractivity contribution < 1.29 is 23.1 Å². The van der Waals surface area contributed by atoms with E-state index in [4.69, 9.17) is 4.74 Å². The number of aromatic amines is 1. The fraction of sp³-hybridized carbons (Fsp3) is 0.250. The van der Waals surface area contributed by atoms with Gasteiger partial charge >= 0.3 is 11.8 Å². The molecule has 29 heavy (non-hydrogen) atoms. The Kier molecular flexibility index (Phi) is 4.87. The molecular weight excluding hydrogens is 382 g/mol. The van der Waals surface area contributed by atoms with Gasteiger partial charge in [-0.15, -0.1) is 0 Å². The fourth-order valence-electron chi connectivity index (χ4n) is 3.15. The van der Waals surface area contributed by atoms with Gasteiger partial charge in [-0.1, -0.05) is 0 Å². The van der Waals surface area contributed by atoms with E-state index in [1.54, 1.807) is 6.20 Å². The predicted octanol–water partition coefficient (Wildman–Crippen LogP) is 2.81. The molecule has 0 bridgehead atoms. The van der Waals surface area contributed by atoms with Crippen LogP contribution < -0.4 is 15.4 Å². The number of fused-ring (bicyclic) bond motifs is 1. The van der Waals surface area contributed by atoms with Gasteiger partial charge in [0.2, 0.25) is 0 Å². The number of aromatic nitrogens is 2. The minimum atomic E-state index is -1.04. The lowest BCUT2D eigenvalue weighted by molar-refractivity contribution is -0.137. The average Bonchev–Trinajstić information content (AvgIpc) is 3.03. The maximum atomic E-state index is 13.4. The number of nitrogens with zero attached hydrogens (tertiary/aromatic N) is 1. The number of anilines is 1. The number of benzene rings is 1. The Hall–Kier alpha value is -3.49. The third-order valence-corrected chi connectivity index (χ3v) is 4.79. The molecule has 1 aliphatic carbocycles. The first-order valence-electron chi connectivity index (χ1n) is 9.06. The zero-order chi connectivity index (χ0) is 20.5. The van der Waals surface area contributed by atoms with Gasteiger partial charge in [-0.3, -0.25) is 14.6 Å².